The Morgan fingerprint density at radius 3 is 2.50 bits per heavy atom. The number of ether oxygens (including phenoxy) is 1. The minimum absolute atomic E-state index is 0.0945. The van der Waals surface area contributed by atoms with Gasteiger partial charge in [-0.15, -0.1) is 0 Å². The van der Waals surface area contributed by atoms with E-state index in [9.17, 15) is 5.11 Å². The third-order valence-corrected chi connectivity index (χ3v) is 4.27. The van der Waals surface area contributed by atoms with E-state index >= 15 is 0 Å². The van der Waals surface area contributed by atoms with Crippen molar-refractivity contribution in [2.24, 2.45) is 11.7 Å². The van der Waals surface area contributed by atoms with E-state index < -0.39 is 0 Å². The maximum atomic E-state index is 10.0. The summed E-state index contributed by atoms with van der Waals surface area (Å²) in [6.45, 7) is 2.46. The highest BCUT2D eigenvalue weighted by Crippen LogP contribution is 2.28. The summed E-state index contributed by atoms with van der Waals surface area (Å²) >= 11 is 0. The first kappa shape index (κ1) is 15.3. The molecule has 1 aromatic carbocycles. The molecule has 1 saturated carbocycles. The molecule has 1 unspecified atom stereocenters. The molecule has 20 heavy (non-hydrogen) atoms. The second-order valence-electron chi connectivity index (χ2n) is 5.93. The number of aliphatic hydroxyl groups is 1. The van der Waals surface area contributed by atoms with Crippen LogP contribution in [0, 0.1) is 5.92 Å². The third-order valence-electron chi connectivity index (χ3n) is 4.27. The molecule has 2 atom stereocenters. The van der Waals surface area contributed by atoms with Crippen LogP contribution in [0.3, 0.4) is 0 Å². The SMILES string of the molecule is CC[C@@H](N)c1ccc(OCC(O)CC2CCCC2)cc1. The molecule has 3 N–H and O–H groups in total. The summed E-state index contributed by atoms with van der Waals surface area (Å²) in [4.78, 5) is 0. The summed E-state index contributed by atoms with van der Waals surface area (Å²) < 4.78 is 5.66. The quantitative estimate of drug-likeness (QED) is 0.803. The molecular formula is C17H27NO2. The summed E-state index contributed by atoms with van der Waals surface area (Å²) in [6.07, 6.45) is 6.62. The van der Waals surface area contributed by atoms with Crippen molar-refractivity contribution in [3.63, 3.8) is 0 Å². The molecule has 0 saturated heterocycles. The van der Waals surface area contributed by atoms with Gasteiger partial charge in [-0.2, -0.15) is 0 Å². The van der Waals surface area contributed by atoms with Gasteiger partial charge in [-0.1, -0.05) is 44.7 Å². The Kier molecular flexibility index (Phi) is 5.86. The first-order chi connectivity index (χ1) is 9.69. The van der Waals surface area contributed by atoms with Crippen LogP contribution in [0.5, 0.6) is 5.75 Å². The molecule has 3 nitrogen and oxygen atoms in total. The van der Waals surface area contributed by atoms with Crippen molar-refractivity contribution < 1.29 is 9.84 Å². The zero-order valence-electron chi connectivity index (χ0n) is 12.4. The zero-order chi connectivity index (χ0) is 14.4. The Morgan fingerprint density at radius 1 is 1.25 bits per heavy atom. The third kappa shape index (κ3) is 4.50. The monoisotopic (exact) mass is 277 g/mol. The van der Waals surface area contributed by atoms with Gasteiger partial charge in [0.25, 0.3) is 0 Å². The van der Waals surface area contributed by atoms with E-state index in [2.05, 4.69) is 6.92 Å². The van der Waals surface area contributed by atoms with Crippen LogP contribution in [0.4, 0.5) is 0 Å². The van der Waals surface area contributed by atoms with Gasteiger partial charge in [0, 0.05) is 6.04 Å². The Morgan fingerprint density at radius 2 is 1.90 bits per heavy atom. The Bertz CT molecular complexity index is 384. The summed E-state index contributed by atoms with van der Waals surface area (Å²) in [7, 11) is 0. The van der Waals surface area contributed by atoms with E-state index in [1.807, 2.05) is 24.3 Å². The van der Waals surface area contributed by atoms with Gasteiger partial charge in [0.05, 0.1) is 6.10 Å². The predicted octanol–water partition coefficient (Wildman–Crippen LogP) is 3.42. The van der Waals surface area contributed by atoms with Gasteiger partial charge in [0.2, 0.25) is 0 Å². The smallest absolute Gasteiger partial charge is 0.119 e. The number of rotatable bonds is 7. The molecule has 0 spiro atoms. The van der Waals surface area contributed by atoms with Crippen molar-refractivity contribution in [1.82, 2.24) is 0 Å². The molecule has 0 aliphatic heterocycles. The van der Waals surface area contributed by atoms with Crippen molar-refractivity contribution in [1.29, 1.82) is 0 Å². The number of nitrogens with two attached hydrogens (primary N) is 1. The summed E-state index contributed by atoms with van der Waals surface area (Å²) in [5.41, 5.74) is 7.11. The summed E-state index contributed by atoms with van der Waals surface area (Å²) in [5, 5.41) is 10.0. The van der Waals surface area contributed by atoms with Gasteiger partial charge < -0.3 is 15.6 Å². The molecule has 112 valence electrons. The Balaban J connectivity index is 1.75. The highest BCUT2D eigenvalue weighted by Gasteiger charge is 2.19. The van der Waals surface area contributed by atoms with Crippen LogP contribution >= 0.6 is 0 Å². The predicted molar refractivity (Wildman–Crippen MR) is 81.7 cm³/mol. The van der Waals surface area contributed by atoms with Gasteiger partial charge in [0.15, 0.2) is 0 Å². The van der Waals surface area contributed by atoms with E-state index in [0.717, 1.165) is 24.2 Å². The van der Waals surface area contributed by atoms with Gasteiger partial charge in [0.1, 0.15) is 12.4 Å². The van der Waals surface area contributed by atoms with Crippen LogP contribution in [0.15, 0.2) is 24.3 Å². The molecule has 1 aromatic rings. The first-order valence-electron chi connectivity index (χ1n) is 7.85. The maximum Gasteiger partial charge on any atom is 0.119 e. The van der Waals surface area contributed by atoms with Crippen LogP contribution in [-0.2, 0) is 0 Å². The molecule has 2 rings (SSSR count). The van der Waals surface area contributed by atoms with Crippen molar-refractivity contribution in [3.8, 4) is 5.75 Å². The van der Waals surface area contributed by atoms with E-state index in [4.69, 9.17) is 10.5 Å². The molecule has 0 heterocycles. The molecule has 0 radical (unpaired) electrons. The molecule has 3 heteroatoms. The number of hydrogen-bond donors (Lipinski definition) is 2. The molecule has 1 aliphatic rings. The van der Waals surface area contributed by atoms with Crippen molar-refractivity contribution in [2.75, 3.05) is 6.61 Å². The Hall–Kier alpha value is -1.06. The highest BCUT2D eigenvalue weighted by atomic mass is 16.5. The normalized spacial score (nSPS) is 18.9. The van der Waals surface area contributed by atoms with E-state index in [1.54, 1.807) is 0 Å². The molecule has 0 bridgehead atoms. The topological polar surface area (TPSA) is 55.5 Å². The Labute approximate surface area is 122 Å². The average molecular weight is 277 g/mol. The van der Waals surface area contributed by atoms with Gasteiger partial charge in [-0.05, 0) is 36.5 Å². The average Bonchev–Trinajstić information content (AvgIpc) is 2.97. The molecule has 0 aromatic heterocycles. The van der Waals surface area contributed by atoms with E-state index in [-0.39, 0.29) is 12.1 Å². The first-order valence-corrected chi connectivity index (χ1v) is 7.85. The highest BCUT2D eigenvalue weighted by molar-refractivity contribution is 5.29. The van der Waals surface area contributed by atoms with E-state index in [1.165, 1.54) is 25.7 Å². The zero-order valence-corrected chi connectivity index (χ0v) is 12.4. The number of hydrogen-bond acceptors (Lipinski definition) is 3. The molecular weight excluding hydrogens is 250 g/mol. The largest absolute Gasteiger partial charge is 0.491 e. The lowest BCUT2D eigenvalue weighted by atomic mass is 10.0. The molecule has 1 fully saturated rings. The fourth-order valence-corrected chi connectivity index (χ4v) is 2.94. The molecule has 1 aliphatic carbocycles. The lowest BCUT2D eigenvalue weighted by Crippen LogP contribution is -2.20. The molecule has 0 amide bonds. The van der Waals surface area contributed by atoms with Crippen LogP contribution in [-0.4, -0.2) is 17.8 Å². The van der Waals surface area contributed by atoms with Crippen LogP contribution < -0.4 is 10.5 Å². The van der Waals surface area contributed by atoms with E-state index in [0.29, 0.717) is 12.5 Å². The van der Waals surface area contributed by atoms with Gasteiger partial charge in [-0.3, -0.25) is 0 Å². The fraction of sp³-hybridized carbons (Fsp3) is 0.647. The number of benzene rings is 1. The van der Waals surface area contributed by atoms with Crippen LogP contribution in [0.2, 0.25) is 0 Å². The van der Waals surface area contributed by atoms with Gasteiger partial charge in [-0.25, -0.2) is 0 Å². The second kappa shape index (κ2) is 7.65. The summed E-state index contributed by atoms with van der Waals surface area (Å²) in [6, 6.07) is 7.98. The lowest BCUT2D eigenvalue weighted by molar-refractivity contribution is 0.0855. The minimum Gasteiger partial charge on any atom is -0.491 e. The van der Waals surface area contributed by atoms with Crippen LogP contribution in [0.1, 0.15) is 57.1 Å². The minimum atomic E-state index is -0.351. The maximum absolute atomic E-state index is 10.0. The van der Waals surface area contributed by atoms with Crippen molar-refractivity contribution in [2.45, 2.75) is 57.6 Å². The van der Waals surface area contributed by atoms with Gasteiger partial charge >= 0.3 is 0 Å². The number of aliphatic hydroxyl groups excluding tert-OH is 1. The standard InChI is InChI=1S/C17H27NO2/c1-2-17(18)14-7-9-16(10-8-14)20-12-15(19)11-13-5-3-4-6-13/h7-10,13,15,17,19H,2-6,11-12,18H2,1H3/t15?,17-/m1/s1. The second-order valence-corrected chi connectivity index (χ2v) is 5.93. The van der Waals surface area contributed by atoms with Crippen molar-refractivity contribution >= 4 is 0 Å². The van der Waals surface area contributed by atoms with Crippen LogP contribution in [0.25, 0.3) is 0 Å². The fourth-order valence-electron chi connectivity index (χ4n) is 2.94. The van der Waals surface area contributed by atoms with Crippen molar-refractivity contribution in [3.05, 3.63) is 29.8 Å². The summed E-state index contributed by atoms with van der Waals surface area (Å²) in [5.74, 6) is 1.50. The lowest BCUT2D eigenvalue weighted by Gasteiger charge is -2.16.